The van der Waals surface area contributed by atoms with Gasteiger partial charge in [0.05, 0.1) is 11.0 Å². The summed E-state index contributed by atoms with van der Waals surface area (Å²) in [6.07, 6.45) is 0.643. The van der Waals surface area contributed by atoms with Crippen molar-refractivity contribution < 1.29 is 14.5 Å². The summed E-state index contributed by atoms with van der Waals surface area (Å²) in [5, 5.41) is 14.0. The maximum atomic E-state index is 12.2. The van der Waals surface area contributed by atoms with Crippen LogP contribution in [-0.4, -0.2) is 38.1 Å². The maximum Gasteiger partial charge on any atom is 0.293 e. The Hall–Kier alpha value is -2.93. The van der Waals surface area contributed by atoms with E-state index < -0.39 is 4.92 Å². The number of amides is 1. The monoisotopic (exact) mass is 371 g/mol. The van der Waals surface area contributed by atoms with E-state index in [4.69, 9.17) is 4.74 Å². The Bertz CT molecular complexity index is 778. The molecule has 2 aromatic carbocycles. The van der Waals surface area contributed by atoms with Crippen molar-refractivity contribution in [2.75, 3.05) is 32.1 Å². The molecule has 2 rings (SSSR count). The Kier molecular flexibility index (Phi) is 7.31. The zero-order valence-corrected chi connectivity index (χ0v) is 15.8. The van der Waals surface area contributed by atoms with Gasteiger partial charge in [-0.05, 0) is 31.0 Å². The van der Waals surface area contributed by atoms with Gasteiger partial charge in [-0.15, -0.1) is 0 Å². The summed E-state index contributed by atoms with van der Waals surface area (Å²) in [7, 11) is 3.44. The molecule has 0 aliphatic carbocycles. The van der Waals surface area contributed by atoms with Gasteiger partial charge in [0, 0.05) is 38.9 Å². The van der Waals surface area contributed by atoms with E-state index in [1.807, 2.05) is 37.3 Å². The molecule has 0 fully saturated rings. The Morgan fingerprint density at radius 2 is 1.93 bits per heavy atom. The molecule has 7 heteroatoms. The summed E-state index contributed by atoms with van der Waals surface area (Å²) in [6.45, 7) is 2.93. The van der Waals surface area contributed by atoms with E-state index in [0.29, 0.717) is 25.3 Å². The largest absolute Gasteiger partial charge is 0.374 e. The van der Waals surface area contributed by atoms with Crippen molar-refractivity contribution in [1.29, 1.82) is 0 Å². The number of carbonyl (C=O) groups excluding carboxylic acids is 1. The first-order valence-corrected chi connectivity index (χ1v) is 8.80. The first-order valence-electron chi connectivity index (χ1n) is 8.80. The van der Waals surface area contributed by atoms with E-state index in [-0.39, 0.29) is 23.3 Å². The molecule has 0 spiro atoms. The molecular weight excluding hydrogens is 346 g/mol. The fraction of sp³-hybridized carbons (Fsp3) is 0.350. The predicted octanol–water partition coefficient (Wildman–Crippen LogP) is 3.56. The van der Waals surface area contributed by atoms with Crippen LogP contribution in [0.1, 0.15) is 35.4 Å². The van der Waals surface area contributed by atoms with Crippen molar-refractivity contribution in [2.24, 2.45) is 0 Å². The lowest BCUT2D eigenvalue weighted by atomic mass is 10.1. The zero-order valence-electron chi connectivity index (χ0n) is 15.8. The highest BCUT2D eigenvalue weighted by atomic mass is 16.6. The van der Waals surface area contributed by atoms with Crippen molar-refractivity contribution in [2.45, 2.75) is 19.4 Å². The fourth-order valence-corrected chi connectivity index (χ4v) is 2.65. The molecule has 0 aliphatic rings. The molecule has 1 N–H and O–H groups in total. The molecule has 2 aromatic rings. The Balaban J connectivity index is 1.82. The molecule has 0 aliphatic heterocycles. The number of hydrogen-bond donors (Lipinski definition) is 1. The molecule has 7 nitrogen and oxygen atoms in total. The molecule has 0 aromatic heterocycles. The van der Waals surface area contributed by atoms with E-state index in [1.54, 1.807) is 31.1 Å². The fourth-order valence-electron chi connectivity index (χ4n) is 2.65. The second-order valence-corrected chi connectivity index (χ2v) is 6.39. The van der Waals surface area contributed by atoms with Gasteiger partial charge in [-0.1, -0.05) is 30.3 Å². The highest BCUT2D eigenvalue weighted by Gasteiger charge is 2.18. The van der Waals surface area contributed by atoms with E-state index in [9.17, 15) is 14.9 Å². The molecule has 0 heterocycles. The van der Waals surface area contributed by atoms with Gasteiger partial charge >= 0.3 is 0 Å². The molecule has 0 saturated heterocycles. The summed E-state index contributed by atoms with van der Waals surface area (Å²) in [4.78, 5) is 24.6. The number of carbonyl (C=O) groups is 1. The molecular formula is C20H25N3O4. The van der Waals surface area contributed by atoms with Gasteiger partial charge in [0.2, 0.25) is 0 Å². The zero-order chi connectivity index (χ0) is 19.8. The second-order valence-electron chi connectivity index (χ2n) is 6.39. The van der Waals surface area contributed by atoms with Gasteiger partial charge in [-0.3, -0.25) is 14.9 Å². The molecule has 144 valence electrons. The number of hydrogen-bond acceptors (Lipinski definition) is 5. The lowest BCUT2D eigenvalue weighted by Crippen LogP contribution is -2.25. The quantitative estimate of drug-likeness (QED) is 0.414. The van der Waals surface area contributed by atoms with Crippen molar-refractivity contribution >= 4 is 17.3 Å². The van der Waals surface area contributed by atoms with Crippen LogP contribution in [0.25, 0.3) is 0 Å². The number of nitrogens with zero attached hydrogens (tertiary/aromatic N) is 2. The Morgan fingerprint density at radius 1 is 1.22 bits per heavy atom. The summed E-state index contributed by atoms with van der Waals surface area (Å²) in [5.74, 6) is -0.334. The smallest absolute Gasteiger partial charge is 0.293 e. The number of rotatable bonds is 9. The lowest BCUT2D eigenvalue weighted by Gasteiger charge is -2.14. The normalized spacial score (nSPS) is 11.7. The minimum absolute atomic E-state index is 0.0110. The Labute approximate surface area is 159 Å². The van der Waals surface area contributed by atoms with E-state index >= 15 is 0 Å². The number of nitro groups is 1. The summed E-state index contributed by atoms with van der Waals surface area (Å²) in [5.41, 5.74) is 1.74. The van der Waals surface area contributed by atoms with Crippen molar-refractivity contribution in [3.05, 3.63) is 69.8 Å². The first-order chi connectivity index (χ1) is 12.9. The first kappa shape index (κ1) is 20.4. The van der Waals surface area contributed by atoms with Gasteiger partial charge in [0.15, 0.2) is 0 Å². The van der Waals surface area contributed by atoms with Crippen LogP contribution in [0.3, 0.4) is 0 Å². The summed E-state index contributed by atoms with van der Waals surface area (Å²) < 4.78 is 5.76. The molecule has 0 saturated carbocycles. The minimum atomic E-state index is -0.481. The van der Waals surface area contributed by atoms with Crippen LogP contribution >= 0.6 is 0 Å². The van der Waals surface area contributed by atoms with Gasteiger partial charge in [0.1, 0.15) is 5.69 Å². The summed E-state index contributed by atoms with van der Waals surface area (Å²) >= 11 is 0. The average molecular weight is 371 g/mol. The standard InChI is InChI=1S/C20H25N3O4/c1-15(16-8-5-4-6-9-16)27-13-7-12-21-20(24)17-10-11-18(22(2)3)19(14-17)23(25)26/h4-6,8-11,14-15H,7,12-13H2,1-3H3,(H,21,24). The number of anilines is 1. The van der Waals surface area contributed by atoms with Gasteiger partial charge in [-0.25, -0.2) is 0 Å². The van der Waals surface area contributed by atoms with Gasteiger partial charge < -0.3 is 15.0 Å². The minimum Gasteiger partial charge on any atom is -0.374 e. The molecule has 0 bridgehead atoms. The van der Waals surface area contributed by atoms with Gasteiger partial charge in [-0.2, -0.15) is 0 Å². The lowest BCUT2D eigenvalue weighted by molar-refractivity contribution is -0.384. The highest BCUT2D eigenvalue weighted by Crippen LogP contribution is 2.27. The highest BCUT2D eigenvalue weighted by molar-refractivity contribution is 5.95. The number of ether oxygens (including phenoxy) is 1. The van der Waals surface area contributed by atoms with Crippen LogP contribution in [0.4, 0.5) is 11.4 Å². The van der Waals surface area contributed by atoms with Crippen LogP contribution in [0.5, 0.6) is 0 Å². The maximum absolute atomic E-state index is 12.2. The van der Waals surface area contributed by atoms with Crippen LogP contribution in [0.15, 0.2) is 48.5 Å². The van der Waals surface area contributed by atoms with Crippen molar-refractivity contribution in [3.8, 4) is 0 Å². The number of benzene rings is 2. The average Bonchev–Trinajstić information content (AvgIpc) is 2.67. The third-order valence-electron chi connectivity index (χ3n) is 4.16. The van der Waals surface area contributed by atoms with Gasteiger partial charge in [0.25, 0.3) is 11.6 Å². The third kappa shape index (κ3) is 5.79. The molecule has 1 unspecified atom stereocenters. The number of nitro benzene ring substituents is 1. The van der Waals surface area contributed by atoms with E-state index in [0.717, 1.165) is 5.56 Å². The van der Waals surface area contributed by atoms with Crippen LogP contribution in [-0.2, 0) is 4.74 Å². The van der Waals surface area contributed by atoms with Crippen molar-refractivity contribution in [3.63, 3.8) is 0 Å². The van der Waals surface area contributed by atoms with E-state index in [2.05, 4.69) is 5.32 Å². The Morgan fingerprint density at radius 3 is 2.56 bits per heavy atom. The van der Waals surface area contributed by atoms with Crippen LogP contribution in [0.2, 0.25) is 0 Å². The summed E-state index contributed by atoms with van der Waals surface area (Å²) in [6, 6.07) is 14.4. The van der Waals surface area contributed by atoms with E-state index in [1.165, 1.54) is 6.07 Å². The van der Waals surface area contributed by atoms with Crippen LogP contribution in [0, 0.1) is 10.1 Å². The topological polar surface area (TPSA) is 84.7 Å². The number of nitrogens with one attached hydrogen (secondary N) is 1. The third-order valence-corrected chi connectivity index (χ3v) is 4.16. The SMILES string of the molecule is CC(OCCCNC(=O)c1ccc(N(C)C)c([N+](=O)[O-])c1)c1ccccc1. The van der Waals surface area contributed by atoms with Crippen LogP contribution < -0.4 is 10.2 Å². The molecule has 0 radical (unpaired) electrons. The predicted molar refractivity (Wildman–Crippen MR) is 105 cm³/mol. The molecule has 1 atom stereocenters. The molecule has 1 amide bonds. The molecule has 27 heavy (non-hydrogen) atoms. The second kappa shape index (κ2) is 9.68. The van der Waals surface area contributed by atoms with Crippen molar-refractivity contribution in [1.82, 2.24) is 5.32 Å².